The molecule has 0 unspecified atom stereocenters. The maximum atomic E-state index is 13.1. The van der Waals surface area contributed by atoms with Crippen molar-refractivity contribution < 1.29 is 4.39 Å². The minimum atomic E-state index is -0.231. The number of hydrogen-bond donors (Lipinski definition) is 2. The van der Waals surface area contributed by atoms with Crippen LogP contribution in [0.5, 0.6) is 0 Å². The molecule has 3 N–H and O–H groups in total. The molecule has 102 valence electrons. The van der Waals surface area contributed by atoms with E-state index in [9.17, 15) is 4.39 Å². The van der Waals surface area contributed by atoms with Gasteiger partial charge in [-0.1, -0.05) is 19.1 Å². The molecule has 0 saturated carbocycles. The Morgan fingerprint density at radius 1 is 1.42 bits per heavy atom. The first-order valence-electron chi connectivity index (χ1n) is 6.43. The van der Waals surface area contributed by atoms with Crippen LogP contribution in [0.3, 0.4) is 0 Å². The largest absolute Gasteiger partial charge is 0.394 e. The Bertz CT molecular complexity index is 563. The Kier molecular flexibility index (Phi) is 4.04. The predicted octanol–water partition coefficient (Wildman–Crippen LogP) is 2.93. The number of halogens is 1. The minimum Gasteiger partial charge on any atom is -0.394 e. The van der Waals surface area contributed by atoms with E-state index in [0.29, 0.717) is 12.2 Å². The van der Waals surface area contributed by atoms with E-state index in [4.69, 9.17) is 5.73 Å². The zero-order valence-electron chi connectivity index (χ0n) is 11.3. The van der Waals surface area contributed by atoms with Crippen LogP contribution >= 0.6 is 0 Å². The van der Waals surface area contributed by atoms with Crippen LogP contribution in [0.25, 0.3) is 0 Å². The summed E-state index contributed by atoms with van der Waals surface area (Å²) in [6.07, 6.45) is 0.981. The number of hydrogen-bond acceptors (Lipinski definition) is 3. The van der Waals surface area contributed by atoms with Gasteiger partial charge in [-0.05, 0) is 31.0 Å². The van der Waals surface area contributed by atoms with Gasteiger partial charge in [0.2, 0.25) is 0 Å². The van der Waals surface area contributed by atoms with E-state index in [1.807, 2.05) is 17.7 Å². The van der Waals surface area contributed by atoms with E-state index in [1.165, 1.54) is 12.1 Å². The number of nitrogen functional groups attached to an aromatic ring is 1. The van der Waals surface area contributed by atoms with Gasteiger partial charge in [0.15, 0.2) is 0 Å². The molecule has 2 aromatic rings. The Morgan fingerprint density at radius 2 is 2.21 bits per heavy atom. The quantitative estimate of drug-likeness (QED) is 0.871. The van der Waals surface area contributed by atoms with Crippen LogP contribution in [0.2, 0.25) is 0 Å². The van der Waals surface area contributed by atoms with E-state index in [-0.39, 0.29) is 5.82 Å². The minimum absolute atomic E-state index is 0.231. The number of aryl methyl sites for hydroxylation is 2. The van der Waals surface area contributed by atoms with Crippen LogP contribution in [0, 0.1) is 12.7 Å². The summed E-state index contributed by atoms with van der Waals surface area (Å²) in [5.74, 6) is 0.578. The first kappa shape index (κ1) is 13.4. The molecule has 0 spiro atoms. The smallest absolute Gasteiger partial charge is 0.148 e. The Balaban J connectivity index is 2.14. The number of anilines is 2. The average Bonchev–Trinajstić information content (AvgIpc) is 2.63. The summed E-state index contributed by atoms with van der Waals surface area (Å²) in [7, 11) is 0. The highest BCUT2D eigenvalue weighted by Gasteiger charge is 2.11. The van der Waals surface area contributed by atoms with Gasteiger partial charge in [-0.15, -0.1) is 0 Å². The second-order valence-corrected chi connectivity index (χ2v) is 4.55. The van der Waals surface area contributed by atoms with Crippen molar-refractivity contribution in [2.45, 2.75) is 33.4 Å². The van der Waals surface area contributed by atoms with Gasteiger partial charge in [0.05, 0.1) is 11.4 Å². The first-order chi connectivity index (χ1) is 9.11. The molecule has 1 heterocycles. The molecule has 2 rings (SSSR count). The lowest BCUT2D eigenvalue weighted by Crippen LogP contribution is -2.09. The molecule has 5 heteroatoms. The highest BCUT2D eigenvalue weighted by molar-refractivity contribution is 5.64. The van der Waals surface area contributed by atoms with Crippen LogP contribution in [-0.4, -0.2) is 9.78 Å². The van der Waals surface area contributed by atoms with E-state index in [1.54, 1.807) is 6.07 Å². The lowest BCUT2D eigenvalue weighted by Gasteiger charge is -2.10. The van der Waals surface area contributed by atoms with E-state index < -0.39 is 0 Å². The second-order valence-electron chi connectivity index (χ2n) is 4.55. The fourth-order valence-corrected chi connectivity index (χ4v) is 1.99. The SMILES string of the molecule is CCCn1nc(C)c(N)c1NCc1cccc(F)c1. The van der Waals surface area contributed by atoms with Gasteiger partial charge in [0.25, 0.3) is 0 Å². The molecule has 0 atom stereocenters. The average molecular weight is 262 g/mol. The summed E-state index contributed by atoms with van der Waals surface area (Å²) in [5, 5.41) is 7.62. The summed E-state index contributed by atoms with van der Waals surface area (Å²) in [6, 6.07) is 6.52. The zero-order valence-corrected chi connectivity index (χ0v) is 11.3. The first-order valence-corrected chi connectivity index (χ1v) is 6.43. The van der Waals surface area contributed by atoms with Crippen molar-refractivity contribution in [2.24, 2.45) is 0 Å². The molecular formula is C14H19FN4. The molecule has 0 amide bonds. The molecule has 0 fully saturated rings. The fraction of sp³-hybridized carbons (Fsp3) is 0.357. The molecule has 0 aliphatic heterocycles. The van der Waals surface area contributed by atoms with Crippen molar-refractivity contribution in [3.8, 4) is 0 Å². The number of nitrogens with two attached hydrogens (primary N) is 1. The van der Waals surface area contributed by atoms with Crippen LogP contribution in [0.1, 0.15) is 24.6 Å². The topological polar surface area (TPSA) is 55.9 Å². The van der Waals surface area contributed by atoms with Crippen molar-refractivity contribution in [2.75, 3.05) is 11.1 Å². The van der Waals surface area contributed by atoms with Gasteiger partial charge in [0.1, 0.15) is 11.6 Å². The predicted molar refractivity (Wildman–Crippen MR) is 75.4 cm³/mol. The number of nitrogens with one attached hydrogen (secondary N) is 1. The van der Waals surface area contributed by atoms with Gasteiger partial charge in [-0.2, -0.15) is 5.10 Å². The molecule has 0 aliphatic rings. The Labute approximate surface area is 112 Å². The van der Waals surface area contributed by atoms with Crippen molar-refractivity contribution >= 4 is 11.5 Å². The molecule has 1 aromatic heterocycles. The van der Waals surface area contributed by atoms with Crippen molar-refractivity contribution in [3.63, 3.8) is 0 Å². The van der Waals surface area contributed by atoms with Gasteiger partial charge < -0.3 is 11.1 Å². The van der Waals surface area contributed by atoms with Gasteiger partial charge in [0, 0.05) is 13.1 Å². The standard InChI is InChI=1S/C14H19FN4/c1-3-7-19-14(13(16)10(2)18-19)17-9-11-5-4-6-12(15)8-11/h4-6,8,17H,3,7,9,16H2,1-2H3. The van der Waals surface area contributed by atoms with Gasteiger partial charge >= 0.3 is 0 Å². The number of aromatic nitrogens is 2. The third-order valence-corrected chi connectivity index (χ3v) is 2.96. The summed E-state index contributed by atoms with van der Waals surface area (Å²) < 4.78 is 15.0. The van der Waals surface area contributed by atoms with Crippen LogP contribution in [-0.2, 0) is 13.1 Å². The maximum absolute atomic E-state index is 13.1. The Morgan fingerprint density at radius 3 is 2.89 bits per heavy atom. The van der Waals surface area contributed by atoms with Gasteiger partial charge in [-0.3, -0.25) is 0 Å². The third-order valence-electron chi connectivity index (χ3n) is 2.96. The van der Waals surface area contributed by atoms with Crippen molar-refractivity contribution in [1.82, 2.24) is 9.78 Å². The van der Waals surface area contributed by atoms with E-state index in [2.05, 4.69) is 17.3 Å². The molecule has 0 saturated heterocycles. The van der Waals surface area contributed by atoms with E-state index >= 15 is 0 Å². The molecule has 4 nitrogen and oxygen atoms in total. The molecule has 19 heavy (non-hydrogen) atoms. The van der Waals surface area contributed by atoms with Gasteiger partial charge in [-0.25, -0.2) is 9.07 Å². The van der Waals surface area contributed by atoms with E-state index in [0.717, 1.165) is 30.0 Å². The number of nitrogens with zero attached hydrogens (tertiary/aromatic N) is 2. The Hall–Kier alpha value is -2.04. The fourth-order valence-electron chi connectivity index (χ4n) is 1.99. The maximum Gasteiger partial charge on any atom is 0.148 e. The summed E-state index contributed by atoms with van der Waals surface area (Å²) in [4.78, 5) is 0. The molecule has 0 radical (unpaired) electrons. The monoisotopic (exact) mass is 262 g/mol. The lowest BCUT2D eigenvalue weighted by molar-refractivity contribution is 0.602. The second kappa shape index (κ2) is 5.73. The molecule has 0 aliphatic carbocycles. The third kappa shape index (κ3) is 3.05. The highest BCUT2D eigenvalue weighted by Crippen LogP contribution is 2.23. The molecular weight excluding hydrogens is 243 g/mol. The normalized spacial score (nSPS) is 10.7. The summed E-state index contributed by atoms with van der Waals surface area (Å²) in [5.41, 5.74) is 8.36. The number of rotatable bonds is 5. The van der Waals surface area contributed by atoms with Crippen molar-refractivity contribution in [1.29, 1.82) is 0 Å². The molecule has 0 bridgehead atoms. The van der Waals surface area contributed by atoms with Crippen LogP contribution < -0.4 is 11.1 Å². The van der Waals surface area contributed by atoms with Crippen LogP contribution in [0.4, 0.5) is 15.9 Å². The van der Waals surface area contributed by atoms with Crippen molar-refractivity contribution in [3.05, 3.63) is 41.3 Å². The highest BCUT2D eigenvalue weighted by atomic mass is 19.1. The molecule has 1 aromatic carbocycles. The number of benzene rings is 1. The lowest BCUT2D eigenvalue weighted by atomic mass is 10.2. The summed E-state index contributed by atoms with van der Waals surface area (Å²) >= 11 is 0. The summed E-state index contributed by atoms with van der Waals surface area (Å²) in [6.45, 7) is 5.30. The zero-order chi connectivity index (χ0) is 13.8. The van der Waals surface area contributed by atoms with Crippen LogP contribution in [0.15, 0.2) is 24.3 Å².